The molecule has 6 nitrogen and oxygen atoms in total. The Morgan fingerprint density at radius 2 is 1.57 bits per heavy atom. The number of hydrazine groups is 1. The molecule has 0 aliphatic heterocycles. The molecule has 0 radical (unpaired) electrons. The highest BCUT2D eigenvalue weighted by molar-refractivity contribution is 5.97. The Kier molecular flexibility index (Phi) is 7.00. The zero-order valence-corrected chi connectivity index (χ0v) is 16.3. The van der Waals surface area contributed by atoms with Crippen molar-refractivity contribution in [3.05, 3.63) is 95.8 Å². The number of halogens is 1. The topological polar surface area (TPSA) is 76.7 Å². The first-order valence-electron chi connectivity index (χ1n) is 9.31. The first kappa shape index (κ1) is 20.9. The highest BCUT2D eigenvalue weighted by Gasteiger charge is 2.18. The van der Waals surface area contributed by atoms with Gasteiger partial charge in [0.15, 0.2) is 17.7 Å². The molecule has 0 spiro atoms. The zero-order valence-electron chi connectivity index (χ0n) is 16.3. The number of nitrogens with one attached hydrogen (secondary N) is 2. The number of rotatable bonds is 7. The molecule has 0 fully saturated rings. The van der Waals surface area contributed by atoms with Gasteiger partial charge in [0, 0.05) is 11.1 Å². The summed E-state index contributed by atoms with van der Waals surface area (Å²) >= 11 is 0. The lowest BCUT2D eigenvalue weighted by atomic mass is 10.1. The van der Waals surface area contributed by atoms with Crippen LogP contribution in [0.5, 0.6) is 11.5 Å². The van der Waals surface area contributed by atoms with Gasteiger partial charge in [-0.3, -0.25) is 20.4 Å². The highest BCUT2D eigenvalue weighted by atomic mass is 19.1. The predicted octanol–water partition coefficient (Wildman–Crippen LogP) is 3.63. The van der Waals surface area contributed by atoms with Crippen molar-refractivity contribution in [2.24, 2.45) is 0 Å². The van der Waals surface area contributed by atoms with Crippen molar-refractivity contribution >= 4 is 11.8 Å². The molecule has 3 aromatic carbocycles. The van der Waals surface area contributed by atoms with E-state index in [4.69, 9.17) is 9.47 Å². The average molecular weight is 408 g/mol. The molecule has 154 valence electrons. The third kappa shape index (κ3) is 5.57. The second kappa shape index (κ2) is 10.1. The third-order valence-electron chi connectivity index (χ3n) is 4.21. The van der Waals surface area contributed by atoms with Crippen molar-refractivity contribution in [1.82, 2.24) is 10.9 Å². The van der Waals surface area contributed by atoms with Gasteiger partial charge < -0.3 is 9.47 Å². The number of para-hydroxylation sites is 2. The highest BCUT2D eigenvalue weighted by Crippen LogP contribution is 2.17. The van der Waals surface area contributed by atoms with E-state index in [2.05, 4.69) is 10.9 Å². The van der Waals surface area contributed by atoms with Gasteiger partial charge in [0.1, 0.15) is 12.4 Å². The standard InChI is InChI=1S/C23H21FN2O4/c1-16(30-21-14-8-7-13-20(21)24)22(27)25-26-23(28)19-12-6-5-9-17(19)15-29-18-10-3-2-4-11-18/h2-14,16H,15H2,1H3,(H,25,27)(H,26,28). The Labute approximate surface area is 173 Å². The van der Waals surface area contributed by atoms with Crippen LogP contribution in [0.1, 0.15) is 22.8 Å². The monoisotopic (exact) mass is 408 g/mol. The molecule has 2 N–H and O–H groups in total. The molecule has 30 heavy (non-hydrogen) atoms. The Morgan fingerprint density at radius 3 is 2.33 bits per heavy atom. The van der Waals surface area contributed by atoms with Crippen molar-refractivity contribution in [2.75, 3.05) is 0 Å². The van der Waals surface area contributed by atoms with E-state index in [1.165, 1.54) is 25.1 Å². The zero-order chi connectivity index (χ0) is 21.3. The van der Waals surface area contributed by atoms with Gasteiger partial charge in [-0.25, -0.2) is 4.39 Å². The molecule has 0 bridgehead atoms. The molecule has 0 saturated heterocycles. The first-order valence-corrected chi connectivity index (χ1v) is 9.31. The Morgan fingerprint density at radius 1 is 0.900 bits per heavy atom. The van der Waals surface area contributed by atoms with Crippen LogP contribution in [0.4, 0.5) is 4.39 Å². The van der Waals surface area contributed by atoms with Crippen molar-refractivity contribution in [2.45, 2.75) is 19.6 Å². The van der Waals surface area contributed by atoms with Crippen molar-refractivity contribution in [1.29, 1.82) is 0 Å². The maximum Gasteiger partial charge on any atom is 0.279 e. The van der Waals surface area contributed by atoms with Gasteiger partial charge in [-0.2, -0.15) is 0 Å². The number of amides is 2. The van der Waals surface area contributed by atoms with Gasteiger partial charge in [0.2, 0.25) is 0 Å². The minimum Gasteiger partial charge on any atom is -0.489 e. The molecular formula is C23H21FN2O4. The van der Waals surface area contributed by atoms with Crippen LogP contribution in [-0.2, 0) is 11.4 Å². The quantitative estimate of drug-likeness (QED) is 0.586. The van der Waals surface area contributed by atoms with E-state index in [0.29, 0.717) is 16.9 Å². The van der Waals surface area contributed by atoms with Crippen molar-refractivity contribution < 1.29 is 23.5 Å². The molecular weight excluding hydrogens is 387 g/mol. The second-order valence-electron chi connectivity index (χ2n) is 6.39. The largest absolute Gasteiger partial charge is 0.489 e. The fourth-order valence-electron chi connectivity index (χ4n) is 2.62. The van der Waals surface area contributed by atoms with Crippen molar-refractivity contribution in [3.63, 3.8) is 0 Å². The lowest BCUT2D eigenvalue weighted by Crippen LogP contribution is -2.47. The number of carbonyl (C=O) groups excluding carboxylic acids is 2. The summed E-state index contributed by atoms with van der Waals surface area (Å²) in [6.07, 6.45) is -1.01. The van der Waals surface area contributed by atoms with Crippen LogP contribution >= 0.6 is 0 Å². The van der Waals surface area contributed by atoms with Crippen LogP contribution in [0.25, 0.3) is 0 Å². The smallest absolute Gasteiger partial charge is 0.279 e. The molecule has 0 aliphatic rings. The normalized spacial score (nSPS) is 11.3. The van der Waals surface area contributed by atoms with E-state index in [0.717, 1.165) is 0 Å². The number of carbonyl (C=O) groups is 2. The molecule has 1 atom stereocenters. The SMILES string of the molecule is CC(Oc1ccccc1F)C(=O)NNC(=O)c1ccccc1COc1ccccc1. The first-order chi connectivity index (χ1) is 14.5. The molecule has 1 unspecified atom stereocenters. The van der Waals surface area contributed by atoms with E-state index in [1.807, 2.05) is 30.3 Å². The van der Waals surface area contributed by atoms with Gasteiger partial charge in [0.05, 0.1) is 0 Å². The lowest BCUT2D eigenvalue weighted by Gasteiger charge is -2.16. The van der Waals surface area contributed by atoms with Crippen molar-refractivity contribution in [3.8, 4) is 11.5 Å². The van der Waals surface area contributed by atoms with Crippen LogP contribution in [0.3, 0.4) is 0 Å². The Balaban J connectivity index is 1.56. The molecule has 0 aromatic heterocycles. The second-order valence-corrected chi connectivity index (χ2v) is 6.39. The van der Waals surface area contributed by atoms with Gasteiger partial charge in [-0.15, -0.1) is 0 Å². The minimum atomic E-state index is -1.01. The summed E-state index contributed by atoms with van der Waals surface area (Å²) in [5, 5.41) is 0. The predicted molar refractivity (Wildman–Crippen MR) is 109 cm³/mol. The molecule has 2 amide bonds. The molecule has 0 aliphatic carbocycles. The maximum absolute atomic E-state index is 13.7. The number of benzene rings is 3. The van der Waals surface area contributed by atoms with E-state index in [-0.39, 0.29) is 12.4 Å². The van der Waals surface area contributed by atoms with Crippen LogP contribution < -0.4 is 20.3 Å². The molecule has 7 heteroatoms. The van der Waals surface area contributed by atoms with Gasteiger partial charge in [0.25, 0.3) is 11.8 Å². The maximum atomic E-state index is 13.7. The van der Waals surface area contributed by atoms with Crippen LogP contribution in [0.2, 0.25) is 0 Å². The molecule has 3 aromatic rings. The summed E-state index contributed by atoms with van der Waals surface area (Å²) in [5.41, 5.74) is 5.66. The summed E-state index contributed by atoms with van der Waals surface area (Å²) in [7, 11) is 0. The van der Waals surface area contributed by atoms with E-state index < -0.39 is 23.7 Å². The molecule has 0 saturated carbocycles. The summed E-state index contributed by atoms with van der Waals surface area (Å²) in [4.78, 5) is 24.7. The number of hydrogen-bond donors (Lipinski definition) is 2. The number of ether oxygens (including phenoxy) is 2. The fourth-order valence-corrected chi connectivity index (χ4v) is 2.62. The third-order valence-corrected chi connectivity index (χ3v) is 4.21. The van der Waals surface area contributed by atoms with Gasteiger partial charge >= 0.3 is 0 Å². The Hall–Kier alpha value is -3.87. The fraction of sp³-hybridized carbons (Fsp3) is 0.130. The number of hydrogen-bond acceptors (Lipinski definition) is 4. The molecule has 0 heterocycles. The van der Waals surface area contributed by atoms with E-state index in [1.54, 1.807) is 30.3 Å². The van der Waals surface area contributed by atoms with E-state index in [9.17, 15) is 14.0 Å². The lowest BCUT2D eigenvalue weighted by molar-refractivity contribution is -0.128. The van der Waals surface area contributed by atoms with E-state index >= 15 is 0 Å². The Bertz CT molecular complexity index is 1010. The van der Waals surface area contributed by atoms with Crippen LogP contribution in [0, 0.1) is 5.82 Å². The van der Waals surface area contributed by atoms with Gasteiger partial charge in [-0.1, -0.05) is 48.5 Å². The average Bonchev–Trinajstić information content (AvgIpc) is 2.78. The summed E-state index contributed by atoms with van der Waals surface area (Å²) in [6.45, 7) is 1.64. The summed E-state index contributed by atoms with van der Waals surface area (Å²) in [6, 6.07) is 21.9. The van der Waals surface area contributed by atoms with Gasteiger partial charge in [-0.05, 0) is 37.3 Å². The summed E-state index contributed by atoms with van der Waals surface area (Å²) < 4.78 is 24.6. The van der Waals surface area contributed by atoms with Crippen LogP contribution in [0.15, 0.2) is 78.9 Å². The summed E-state index contributed by atoms with van der Waals surface area (Å²) in [5.74, 6) is -1.07. The minimum absolute atomic E-state index is 0.0464. The molecule has 3 rings (SSSR count). The van der Waals surface area contributed by atoms with Crippen LogP contribution in [-0.4, -0.2) is 17.9 Å².